The van der Waals surface area contributed by atoms with Gasteiger partial charge in [0, 0.05) is 5.92 Å². The second-order valence-corrected chi connectivity index (χ2v) is 8.20. The van der Waals surface area contributed by atoms with E-state index >= 15 is 0 Å². The zero-order valence-corrected chi connectivity index (χ0v) is 17.1. The minimum atomic E-state index is -0.606. The topological polar surface area (TPSA) is 36.9 Å². The highest BCUT2D eigenvalue weighted by molar-refractivity contribution is 5.32. The molecule has 2 saturated heterocycles. The van der Waals surface area contributed by atoms with Crippen LogP contribution in [0.5, 0.6) is 0 Å². The van der Waals surface area contributed by atoms with Gasteiger partial charge in [0.15, 0.2) is 12.1 Å². The van der Waals surface area contributed by atoms with Gasteiger partial charge in [0.05, 0.1) is 12.7 Å². The molecule has 146 valence electrons. The van der Waals surface area contributed by atoms with Crippen LogP contribution in [-0.2, 0) is 25.6 Å². The van der Waals surface area contributed by atoms with E-state index < -0.39 is 5.79 Å². The van der Waals surface area contributed by atoms with E-state index in [1.165, 1.54) is 16.7 Å². The minimum Gasteiger partial charge on any atom is -0.368 e. The standard InChI is InChI=1S/C22H34O4/c1-7-8-12-18-19(23-13-17-15(4)10-9-11-16(17)5)20-21(24-18)26-22(6,25-20)14(2)3/h9-11,14,18-21H,7-8,12-13H2,1-6H3/t18-,19+,20-,21-,22?/m1/s1. The molecule has 3 rings (SSSR count). The van der Waals surface area contributed by atoms with Crippen molar-refractivity contribution >= 4 is 0 Å². The van der Waals surface area contributed by atoms with Crippen molar-refractivity contribution in [2.24, 2.45) is 5.92 Å². The Morgan fingerprint density at radius 2 is 1.85 bits per heavy atom. The number of fused-ring (bicyclic) bond motifs is 1. The summed E-state index contributed by atoms with van der Waals surface area (Å²) in [6, 6.07) is 6.37. The maximum absolute atomic E-state index is 6.42. The maximum Gasteiger partial charge on any atom is 0.190 e. The molecular weight excluding hydrogens is 328 g/mol. The van der Waals surface area contributed by atoms with Crippen molar-refractivity contribution in [2.45, 2.75) is 97.8 Å². The first-order valence-electron chi connectivity index (χ1n) is 10.0. The molecule has 4 heteroatoms. The van der Waals surface area contributed by atoms with Gasteiger partial charge in [-0.25, -0.2) is 0 Å². The van der Waals surface area contributed by atoms with Crippen molar-refractivity contribution in [3.05, 3.63) is 34.9 Å². The van der Waals surface area contributed by atoms with Gasteiger partial charge < -0.3 is 18.9 Å². The zero-order valence-electron chi connectivity index (χ0n) is 17.1. The Kier molecular flexibility index (Phi) is 6.07. The Morgan fingerprint density at radius 1 is 1.15 bits per heavy atom. The molecule has 2 aliphatic rings. The lowest BCUT2D eigenvalue weighted by Crippen LogP contribution is -2.40. The largest absolute Gasteiger partial charge is 0.368 e. The van der Waals surface area contributed by atoms with Crippen LogP contribution < -0.4 is 0 Å². The van der Waals surface area contributed by atoms with Gasteiger partial charge in [0.2, 0.25) is 0 Å². The normalized spacial score (nSPS) is 33.8. The summed E-state index contributed by atoms with van der Waals surface area (Å²) < 4.78 is 25.1. The molecule has 0 saturated carbocycles. The minimum absolute atomic E-state index is 0.0333. The number of rotatable bonds is 7. The Labute approximate surface area is 158 Å². The predicted octanol–water partition coefficient (Wildman–Crippen LogP) is 4.89. The Morgan fingerprint density at radius 3 is 2.46 bits per heavy atom. The average Bonchev–Trinajstić information content (AvgIpc) is 3.07. The Bertz CT molecular complexity index is 594. The highest BCUT2D eigenvalue weighted by Crippen LogP contribution is 2.43. The summed E-state index contributed by atoms with van der Waals surface area (Å²) in [7, 11) is 0. The van der Waals surface area contributed by atoms with Crippen molar-refractivity contribution < 1.29 is 18.9 Å². The van der Waals surface area contributed by atoms with E-state index in [4.69, 9.17) is 18.9 Å². The fourth-order valence-electron chi connectivity index (χ4n) is 3.81. The van der Waals surface area contributed by atoms with Gasteiger partial charge >= 0.3 is 0 Å². The van der Waals surface area contributed by atoms with Gasteiger partial charge in [-0.05, 0) is 43.9 Å². The van der Waals surface area contributed by atoms with Crippen LogP contribution in [0.1, 0.15) is 63.6 Å². The molecule has 0 N–H and O–H groups in total. The molecule has 2 fully saturated rings. The van der Waals surface area contributed by atoms with Crippen LogP contribution >= 0.6 is 0 Å². The van der Waals surface area contributed by atoms with E-state index in [1.807, 2.05) is 6.92 Å². The van der Waals surface area contributed by atoms with Gasteiger partial charge in [-0.3, -0.25) is 0 Å². The second-order valence-electron chi connectivity index (χ2n) is 8.20. The van der Waals surface area contributed by atoms with Crippen molar-refractivity contribution in [3.63, 3.8) is 0 Å². The van der Waals surface area contributed by atoms with Crippen LogP contribution in [0, 0.1) is 19.8 Å². The van der Waals surface area contributed by atoms with Crippen molar-refractivity contribution in [2.75, 3.05) is 0 Å². The smallest absolute Gasteiger partial charge is 0.190 e. The summed E-state index contributed by atoms with van der Waals surface area (Å²) in [4.78, 5) is 0. The zero-order chi connectivity index (χ0) is 18.9. The number of aryl methyl sites for hydroxylation is 2. The molecule has 4 nitrogen and oxygen atoms in total. The number of ether oxygens (including phenoxy) is 4. The lowest BCUT2D eigenvalue weighted by molar-refractivity contribution is -0.247. The summed E-state index contributed by atoms with van der Waals surface area (Å²) in [6.07, 6.45) is 2.70. The van der Waals surface area contributed by atoms with Crippen molar-refractivity contribution in [1.82, 2.24) is 0 Å². The quantitative estimate of drug-likeness (QED) is 0.692. The lowest BCUT2D eigenvalue weighted by Gasteiger charge is -2.31. The first-order chi connectivity index (χ1) is 12.4. The molecule has 0 spiro atoms. The lowest BCUT2D eigenvalue weighted by atomic mass is 10.0. The third-order valence-electron chi connectivity index (χ3n) is 5.94. The summed E-state index contributed by atoms with van der Waals surface area (Å²) in [6.45, 7) is 13.3. The SMILES string of the molecule is CCCC[C@H]1O[C@@H]2OC(C)(C(C)C)O[C@@H]2[C@H]1OCc1c(C)cccc1C. The third kappa shape index (κ3) is 3.84. The summed E-state index contributed by atoms with van der Waals surface area (Å²) in [5.74, 6) is -0.351. The molecule has 5 atom stereocenters. The molecule has 1 aromatic rings. The number of benzene rings is 1. The molecule has 1 unspecified atom stereocenters. The van der Waals surface area contributed by atoms with Crippen LogP contribution in [0.25, 0.3) is 0 Å². The van der Waals surface area contributed by atoms with E-state index in [-0.39, 0.29) is 30.5 Å². The number of hydrogen-bond donors (Lipinski definition) is 0. The van der Waals surface area contributed by atoms with Gasteiger partial charge in [0.1, 0.15) is 12.2 Å². The average molecular weight is 363 g/mol. The fourth-order valence-corrected chi connectivity index (χ4v) is 3.81. The molecule has 0 amide bonds. The molecule has 0 aromatic heterocycles. The van der Waals surface area contributed by atoms with Crippen molar-refractivity contribution in [3.8, 4) is 0 Å². The number of unbranched alkanes of at least 4 members (excludes halogenated alkanes) is 1. The maximum atomic E-state index is 6.42. The summed E-state index contributed by atoms with van der Waals surface area (Å²) in [5, 5.41) is 0. The van der Waals surface area contributed by atoms with E-state index in [1.54, 1.807) is 0 Å². The van der Waals surface area contributed by atoms with Crippen LogP contribution in [0.4, 0.5) is 0 Å². The molecule has 0 aliphatic carbocycles. The van der Waals surface area contributed by atoms with Crippen LogP contribution in [-0.4, -0.2) is 30.4 Å². The Balaban J connectivity index is 1.74. The molecular formula is C22H34O4. The molecule has 1 aromatic carbocycles. The molecule has 2 aliphatic heterocycles. The van der Waals surface area contributed by atoms with Gasteiger partial charge in [-0.1, -0.05) is 51.8 Å². The van der Waals surface area contributed by atoms with E-state index in [2.05, 4.69) is 52.8 Å². The van der Waals surface area contributed by atoms with Crippen LogP contribution in [0.15, 0.2) is 18.2 Å². The Hall–Kier alpha value is -0.940. The molecule has 0 bridgehead atoms. The van der Waals surface area contributed by atoms with Gasteiger partial charge in [0.25, 0.3) is 0 Å². The first-order valence-corrected chi connectivity index (χ1v) is 10.0. The molecule has 2 heterocycles. The van der Waals surface area contributed by atoms with E-state index in [9.17, 15) is 0 Å². The van der Waals surface area contributed by atoms with E-state index in [0.717, 1.165) is 19.3 Å². The van der Waals surface area contributed by atoms with Crippen molar-refractivity contribution in [1.29, 1.82) is 0 Å². The highest BCUT2D eigenvalue weighted by Gasteiger charge is 2.57. The highest BCUT2D eigenvalue weighted by atomic mass is 16.8. The molecule has 26 heavy (non-hydrogen) atoms. The summed E-state index contributed by atoms with van der Waals surface area (Å²) >= 11 is 0. The fraction of sp³-hybridized carbons (Fsp3) is 0.727. The third-order valence-corrected chi connectivity index (χ3v) is 5.94. The number of hydrogen-bond acceptors (Lipinski definition) is 4. The van der Waals surface area contributed by atoms with Crippen LogP contribution in [0.2, 0.25) is 0 Å². The monoisotopic (exact) mass is 362 g/mol. The first kappa shape index (κ1) is 19.8. The van der Waals surface area contributed by atoms with Gasteiger partial charge in [-0.15, -0.1) is 0 Å². The predicted molar refractivity (Wildman–Crippen MR) is 102 cm³/mol. The van der Waals surface area contributed by atoms with Crippen LogP contribution in [0.3, 0.4) is 0 Å². The second kappa shape index (κ2) is 7.97. The van der Waals surface area contributed by atoms with E-state index in [0.29, 0.717) is 6.61 Å². The summed E-state index contributed by atoms with van der Waals surface area (Å²) in [5.41, 5.74) is 3.79. The molecule has 0 radical (unpaired) electrons. The van der Waals surface area contributed by atoms with Gasteiger partial charge in [-0.2, -0.15) is 0 Å².